The molecule has 0 heterocycles. The minimum Gasteiger partial charge on any atom is -0.399 e. The second-order valence-electron chi connectivity index (χ2n) is 3.80. The molecule has 0 atom stereocenters. The van der Waals surface area contributed by atoms with Crippen LogP contribution in [-0.4, -0.2) is 26.0 Å². The van der Waals surface area contributed by atoms with Gasteiger partial charge in [-0.2, -0.15) is 0 Å². The first-order valence-electron chi connectivity index (χ1n) is 5.47. The van der Waals surface area contributed by atoms with E-state index in [1.54, 1.807) is 0 Å². The molecule has 1 amide bonds. The normalized spacial score (nSPS) is 9.88. The zero-order chi connectivity index (χ0) is 12.0. The number of benzene rings is 1. The van der Waals surface area contributed by atoms with Crippen molar-refractivity contribution in [2.45, 2.75) is 13.3 Å². The van der Waals surface area contributed by atoms with Crippen LogP contribution < -0.4 is 16.0 Å². The molecule has 4 nitrogen and oxygen atoms in total. The predicted molar refractivity (Wildman–Crippen MR) is 67.4 cm³/mol. The highest BCUT2D eigenvalue weighted by Gasteiger charge is 2.06. The highest BCUT2D eigenvalue weighted by molar-refractivity contribution is 5.81. The van der Waals surface area contributed by atoms with E-state index in [1.807, 2.05) is 43.1 Å². The van der Waals surface area contributed by atoms with Crippen molar-refractivity contribution in [1.82, 2.24) is 5.32 Å². The second-order valence-corrected chi connectivity index (χ2v) is 3.80. The lowest BCUT2D eigenvalue weighted by molar-refractivity contribution is -0.119. The van der Waals surface area contributed by atoms with Gasteiger partial charge in [0.2, 0.25) is 5.91 Å². The molecule has 3 N–H and O–H groups in total. The molecule has 0 aliphatic rings. The Morgan fingerprint density at radius 1 is 1.50 bits per heavy atom. The van der Waals surface area contributed by atoms with Gasteiger partial charge in [0, 0.05) is 25.0 Å². The number of amides is 1. The number of hydrogen-bond donors (Lipinski definition) is 2. The van der Waals surface area contributed by atoms with Crippen LogP contribution in [0.4, 0.5) is 11.4 Å². The molecule has 0 bridgehead atoms. The molecule has 0 spiro atoms. The van der Waals surface area contributed by atoms with Gasteiger partial charge in [0.15, 0.2) is 0 Å². The van der Waals surface area contributed by atoms with E-state index in [9.17, 15) is 4.79 Å². The van der Waals surface area contributed by atoms with E-state index in [2.05, 4.69) is 5.32 Å². The van der Waals surface area contributed by atoms with E-state index in [1.165, 1.54) is 0 Å². The van der Waals surface area contributed by atoms with Crippen molar-refractivity contribution in [2.24, 2.45) is 0 Å². The molecule has 88 valence electrons. The zero-order valence-electron chi connectivity index (χ0n) is 9.86. The lowest BCUT2D eigenvalue weighted by atomic mass is 10.2. The van der Waals surface area contributed by atoms with E-state index in [-0.39, 0.29) is 5.91 Å². The summed E-state index contributed by atoms with van der Waals surface area (Å²) < 4.78 is 0. The molecule has 0 fully saturated rings. The molecule has 0 aliphatic heterocycles. The zero-order valence-corrected chi connectivity index (χ0v) is 9.86. The summed E-state index contributed by atoms with van der Waals surface area (Å²) in [5, 5.41) is 2.84. The minimum atomic E-state index is 0.0341. The summed E-state index contributed by atoms with van der Waals surface area (Å²) in [5.41, 5.74) is 7.34. The largest absolute Gasteiger partial charge is 0.399 e. The van der Waals surface area contributed by atoms with E-state index in [0.717, 1.165) is 18.7 Å². The Labute approximate surface area is 96.4 Å². The van der Waals surface area contributed by atoms with Crippen molar-refractivity contribution < 1.29 is 4.79 Å². The first kappa shape index (κ1) is 12.4. The number of nitrogens with zero attached hydrogens (tertiary/aromatic N) is 1. The summed E-state index contributed by atoms with van der Waals surface area (Å²) >= 11 is 0. The van der Waals surface area contributed by atoms with E-state index in [0.29, 0.717) is 12.2 Å². The molecule has 0 saturated carbocycles. The maximum absolute atomic E-state index is 11.5. The number of anilines is 2. The quantitative estimate of drug-likeness (QED) is 0.735. The van der Waals surface area contributed by atoms with Crippen LogP contribution in [0.15, 0.2) is 24.3 Å². The van der Waals surface area contributed by atoms with Crippen LogP contribution in [-0.2, 0) is 4.79 Å². The molecular formula is C12H19N3O. The van der Waals surface area contributed by atoms with Crippen LogP contribution in [0.1, 0.15) is 13.3 Å². The van der Waals surface area contributed by atoms with Gasteiger partial charge >= 0.3 is 0 Å². The Morgan fingerprint density at radius 2 is 2.25 bits per heavy atom. The fraction of sp³-hybridized carbons (Fsp3) is 0.417. The monoisotopic (exact) mass is 221 g/mol. The molecule has 0 aliphatic carbocycles. The number of rotatable bonds is 5. The third-order valence-corrected chi connectivity index (χ3v) is 2.26. The highest BCUT2D eigenvalue weighted by atomic mass is 16.2. The van der Waals surface area contributed by atoms with Crippen molar-refractivity contribution in [3.05, 3.63) is 24.3 Å². The molecule has 0 saturated heterocycles. The first-order valence-corrected chi connectivity index (χ1v) is 5.47. The van der Waals surface area contributed by atoms with Crippen LogP contribution in [0.2, 0.25) is 0 Å². The van der Waals surface area contributed by atoms with Gasteiger partial charge < -0.3 is 16.0 Å². The Kier molecular flexibility index (Phi) is 4.64. The molecule has 0 aromatic heterocycles. The van der Waals surface area contributed by atoms with Crippen LogP contribution in [0.25, 0.3) is 0 Å². The summed E-state index contributed by atoms with van der Waals surface area (Å²) in [6.07, 6.45) is 0.952. The van der Waals surface area contributed by atoms with Crippen LogP contribution in [0, 0.1) is 0 Å². The second kappa shape index (κ2) is 6.00. The molecule has 0 unspecified atom stereocenters. The Morgan fingerprint density at radius 3 is 2.88 bits per heavy atom. The molecule has 1 rings (SSSR count). The van der Waals surface area contributed by atoms with E-state index < -0.39 is 0 Å². The fourth-order valence-corrected chi connectivity index (χ4v) is 1.39. The number of nitrogen functional groups attached to an aromatic ring is 1. The van der Waals surface area contributed by atoms with Crippen LogP contribution in [0.5, 0.6) is 0 Å². The number of likely N-dealkylation sites (N-methyl/N-ethyl adjacent to an activating group) is 1. The molecule has 0 radical (unpaired) electrons. The van der Waals surface area contributed by atoms with Gasteiger partial charge in [0.25, 0.3) is 0 Å². The Hall–Kier alpha value is -1.71. The third-order valence-electron chi connectivity index (χ3n) is 2.26. The van der Waals surface area contributed by atoms with Crippen LogP contribution in [0.3, 0.4) is 0 Å². The molecule has 4 heteroatoms. The van der Waals surface area contributed by atoms with Crippen LogP contribution >= 0.6 is 0 Å². The fourth-order valence-electron chi connectivity index (χ4n) is 1.39. The molecule has 1 aromatic carbocycles. The smallest absolute Gasteiger partial charge is 0.239 e. The minimum absolute atomic E-state index is 0.0341. The SMILES string of the molecule is CCCNC(=O)CN(C)c1cccc(N)c1. The van der Waals surface area contributed by atoms with Gasteiger partial charge in [-0.05, 0) is 24.6 Å². The summed E-state index contributed by atoms with van der Waals surface area (Å²) in [5.74, 6) is 0.0341. The number of carbonyl (C=O) groups is 1. The number of hydrogen-bond acceptors (Lipinski definition) is 3. The molecular weight excluding hydrogens is 202 g/mol. The number of nitrogens with two attached hydrogens (primary N) is 1. The molecule has 16 heavy (non-hydrogen) atoms. The summed E-state index contributed by atoms with van der Waals surface area (Å²) in [4.78, 5) is 13.4. The van der Waals surface area contributed by atoms with Gasteiger partial charge in [0.1, 0.15) is 0 Å². The van der Waals surface area contributed by atoms with Crippen molar-refractivity contribution in [1.29, 1.82) is 0 Å². The predicted octanol–water partition coefficient (Wildman–Crippen LogP) is 1.23. The summed E-state index contributed by atoms with van der Waals surface area (Å²) in [6, 6.07) is 7.50. The molecule has 1 aromatic rings. The van der Waals surface area contributed by atoms with E-state index in [4.69, 9.17) is 5.73 Å². The lowest BCUT2D eigenvalue weighted by Gasteiger charge is -2.18. The standard InChI is InChI=1S/C12H19N3O/c1-3-7-14-12(16)9-15(2)11-6-4-5-10(13)8-11/h4-6,8H,3,7,9,13H2,1-2H3,(H,14,16). The van der Waals surface area contributed by atoms with Gasteiger partial charge in [-0.15, -0.1) is 0 Å². The summed E-state index contributed by atoms with van der Waals surface area (Å²) in [6.45, 7) is 3.11. The lowest BCUT2D eigenvalue weighted by Crippen LogP contribution is -2.35. The Balaban J connectivity index is 2.52. The maximum Gasteiger partial charge on any atom is 0.239 e. The highest BCUT2D eigenvalue weighted by Crippen LogP contribution is 2.15. The van der Waals surface area contributed by atoms with Gasteiger partial charge in [0.05, 0.1) is 6.54 Å². The van der Waals surface area contributed by atoms with Gasteiger partial charge in [-0.1, -0.05) is 13.0 Å². The van der Waals surface area contributed by atoms with Gasteiger partial charge in [-0.3, -0.25) is 4.79 Å². The van der Waals surface area contributed by atoms with Crippen molar-refractivity contribution in [3.63, 3.8) is 0 Å². The van der Waals surface area contributed by atoms with E-state index >= 15 is 0 Å². The topological polar surface area (TPSA) is 58.4 Å². The van der Waals surface area contributed by atoms with Gasteiger partial charge in [-0.25, -0.2) is 0 Å². The average molecular weight is 221 g/mol. The number of nitrogens with one attached hydrogen (secondary N) is 1. The van der Waals surface area contributed by atoms with Crippen molar-refractivity contribution in [2.75, 3.05) is 30.8 Å². The Bertz CT molecular complexity index is 352. The first-order chi connectivity index (χ1) is 7.63. The van der Waals surface area contributed by atoms with Crippen molar-refractivity contribution >= 4 is 17.3 Å². The third kappa shape index (κ3) is 3.81. The number of carbonyl (C=O) groups excluding carboxylic acids is 1. The summed E-state index contributed by atoms with van der Waals surface area (Å²) in [7, 11) is 1.88. The van der Waals surface area contributed by atoms with Crippen molar-refractivity contribution in [3.8, 4) is 0 Å². The maximum atomic E-state index is 11.5. The average Bonchev–Trinajstić information content (AvgIpc) is 2.26.